The molecule has 1 heterocycles. The molecule has 0 radical (unpaired) electrons. The molecule has 0 amide bonds. The summed E-state index contributed by atoms with van der Waals surface area (Å²) >= 11 is 5.75. The first-order valence-corrected chi connectivity index (χ1v) is 4.79. The number of ether oxygens (including phenoxy) is 1. The summed E-state index contributed by atoms with van der Waals surface area (Å²) in [6.07, 6.45) is -0.260. The lowest BCUT2D eigenvalue weighted by atomic mass is 10.3. The summed E-state index contributed by atoms with van der Waals surface area (Å²) in [5.74, 6) is 0.351. The molecule has 0 aliphatic carbocycles. The zero-order valence-corrected chi connectivity index (χ0v) is 8.48. The van der Waals surface area contributed by atoms with E-state index in [9.17, 15) is 0 Å². The number of nitrogens with zero attached hydrogens (tertiary/aromatic N) is 3. The van der Waals surface area contributed by atoms with Crippen LogP contribution in [0.3, 0.4) is 0 Å². The van der Waals surface area contributed by atoms with Gasteiger partial charge in [-0.1, -0.05) is 17.3 Å². The lowest BCUT2D eigenvalue weighted by molar-refractivity contribution is 0.0552. The van der Waals surface area contributed by atoms with Crippen molar-refractivity contribution in [1.29, 1.82) is 0 Å². The fourth-order valence-electron chi connectivity index (χ4n) is 1.33. The number of rotatable bonds is 3. The highest BCUT2D eigenvalue weighted by molar-refractivity contribution is 6.18. The second-order valence-corrected chi connectivity index (χ2v) is 3.18. The predicted molar refractivity (Wildman–Crippen MR) is 54.3 cm³/mol. The van der Waals surface area contributed by atoms with Crippen LogP contribution < -0.4 is 0 Å². The number of benzene rings is 1. The van der Waals surface area contributed by atoms with Crippen LogP contribution in [0.15, 0.2) is 24.3 Å². The number of methoxy groups -OCH3 is 1. The summed E-state index contributed by atoms with van der Waals surface area (Å²) in [6.45, 7) is 0. The van der Waals surface area contributed by atoms with E-state index in [2.05, 4.69) is 10.3 Å². The van der Waals surface area contributed by atoms with Crippen LogP contribution in [0.4, 0.5) is 0 Å². The van der Waals surface area contributed by atoms with E-state index in [1.54, 1.807) is 11.8 Å². The van der Waals surface area contributed by atoms with E-state index in [1.165, 1.54) is 0 Å². The molecule has 1 aromatic carbocycles. The quantitative estimate of drug-likeness (QED) is 0.727. The lowest BCUT2D eigenvalue weighted by Crippen LogP contribution is -2.14. The summed E-state index contributed by atoms with van der Waals surface area (Å²) in [7, 11) is 1.60. The van der Waals surface area contributed by atoms with Gasteiger partial charge in [0.05, 0.1) is 11.4 Å². The molecule has 1 aromatic heterocycles. The Morgan fingerprint density at radius 1 is 1.50 bits per heavy atom. The second-order valence-electron chi connectivity index (χ2n) is 2.87. The molecular formula is C9H10ClN3O. The zero-order chi connectivity index (χ0) is 9.97. The van der Waals surface area contributed by atoms with E-state index in [4.69, 9.17) is 16.3 Å². The average molecular weight is 212 g/mol. The monoisotopic (exact) mass is 211 g/mol. The van der Waals surface area contributed by atoms with Crippen molar-refractivity contribution in [2.45, 2.75) is 6.23 Å². The Balaban J connectivity index is 2.51. The average Bonchev–Trinajstić information content (AvgIpc) is 2.65. The van der Waals surface area contributed by atoms with Crippen LogP contribution in [-0.2, 0) is 4.74 Å². The molecule has 0 fully saturated rings. The van der Waals surface area contributed by atoms with Gasteiger partial charge in [-0.2, -0.15) is 0 Å². The summed E-state index contributed by atoms with van der Waals surface area (Å²) < 4.78 is 6.86. The van der Waals surface area contributed by atoms with E-state index >= 15 is 0 Å². The molecule has 0 bridgehead atoms. The highest BCUT2D eigenvalue weighted by atomic mass is 35.5. The van der Waals surface area contributed by atoms with Gasteiger partial charge in [-0.25, -0.2) is 4.68 Å². The molecule has 14 heavy (non-hydrogen) atoms. The SMILES string of the molecule is COC(CCl)n1nnc2ccccc21. The number of hydrogen-bond acceptors (Lipinski definition) is 3. The minimum absolute atomic E-state index is 0.260. The van der Waals surface area contributed by atoms with Crippen molar-refractivity contribution in [3.8, 4) is 0 Å². The van der Waals surface area contributed by atoms with Crippen molar-refractivity contribution < 1.29 is 4.74 Å². The van der Waals surface area contributed by atoms with E-state index in [1.807, 2.05) is 24.3 Å². The Morgan fingerprint density at radius 2 is 2.29 bits per heavy atom. The van der Waals surface area contributed by atoms with Gasteiger partial charge >= 0.3 is 0 Å². The molecule has 2 aromatic rings. The number of hydrogen-bond donors (Lipinski definition) is 0. The number of para-hydroxylation sites is 1. The maximum absolute atomic E-state index is 5.75. The molecule has 0 N–H and O–H groups in total. The standard InChI is InChI=1S/C9H10ClN3O/c1-14-9(6-10)13-8-5-3-2-4-7(8)11-12-13/h2-5,9H,6H2,1H3. The highest BCUT2D eigenvalue weighted by Crippen LogP contribution is 2.16. The van der Waals surface area contributed by atoms with Gasteiger partial charge in [-0.3, -0.25) is 0 Å². The van der Waals surface area contributed by atoms with Crippen LogP contribution in [0.5, 0.6) is 0 Å². The smallest absolute Gasteiger partial charge is 0.165 e. The second kappa shape index (κ2) is 3.94. The van der Waals surface area contributed by atoms with Gasteiger partial charge in [0.2, 0.25) is 0 Å². The van der Waals surface area contributed by atoms with Crippen LogP contribution in [0.1, 0.15) is 6.23 Å². The van der Waals surface area contributed by atoms with E-state index in [0.717, 1.165) is 11.0 Å². The Kier molecular flexibility index (Phi) is 2.65. The van der Waals surface area contributed by atoms with Gasteiger partial charge in [0, 0.05) is 7.11 Å². The van der Waals surface area contributed by atoms with Crippen LogP contribution in [0.2, 0.25) is 0 Å². The normalized spacial score (nSPS) is 13.3. The maximum Gasteiger partial charge on any atom is 0.165 e. The molecule has 0 spiro atoms. The van der Waals surface area contributed by atoms with E-state index in [0.29, 0.717) is 5.88 Å². The first-order valence-electron chi connectivity index (χ1n) is 4.25. The molecule has 1 atom stereocenters. The summed E-state index contributed by atoms with van der Waals surface area (Å²) in [5, 5.41) is 8.00. The van der Waals surface area contributed by atoms with Gasteiger partial charge in [0.15, 0.2) is 6.23 Å². The van der Waals surface area contributed by atoms with Gasteiger partial charge in [-0.15, -0.1) is 16.7 Å². The minimum Gasteiger partial charge on any atom is -0.358 e. The third kappa shape index (κ3) is 1.47. The fourth-order valence-corrected chi connectivity index (χ4v) is 1.58. The van der Waals surface area contributed by atoms with Crippen molar-refractivity contribution in [3.05, 3.63) is 24.3 Å². The molecule has 1 unspecified atom stereocenters. The van der Waals surface area contributed by atoms with Gasteiger partial charge < -0.3 is 4.74 Å². The molecule has 0 aliphatic rings. The van der Waals surface area contributed by atoms with Gasteiger partial charge in [0.1, 0.15) is 5.52 Å². The largest absolute Gasteiger partial charge is 0.358 e. The molecular weight excluding hydrogens is 202 g/mol. The Labute approximate surface area is 86.4 Å². The first kappa shape index (κ1) is 9.43. The highest BCUT2D eigenvalue weighted by Gasteiger charge is 2.12. The van der Waals surface area contributed by atoms with Crippen LogP contribution in [0.25, 0.3) is 11.0 Å². The summed E-state index contributed by atoms with van der Waals surface area (Å²) in [6, 6.07) is 7.70. The number of halogens is 1. The Bertz CT molecular complexity index is 425. The summed E-state index contributed by atoms with van der Waals surface area (Å²) in [4.78, 5) is 0. The van der Waals surface area contributed by atoms with Crippen LogP contribution in [-0.4, -0.2) is 28.0 Å². The lowest BCUT2D eigenvalue weighted by Gasteiger charge is -2.11. The van der Waals surface area contributed by atoms with Gasteiger partial charge in [0.25, 0.3) is 0 Å². The number of alkyl halides is 1. The Hall–Kier alpha value is -1.13. The van der Waals surface area contributed by atoms with Crippen molar-refractivity contribution in [1.82, 2.24) is 15.0 Å². The third-order valence-corrected chi connectivity index (χ3v) is 2.32. The minimum atomic E-state index is -0.260. The Morgan fingerprint density at radius 3 is 3.00 bits per heavy atom. The molecule has 0 saturated carbocycles. The molecule has 74 valence electrons. The molecule has 5 heteroatoms. The number of aromatic nitrogens is 3. The molecule has 4 nitrogen and oxygen atoms in total. The molecule has 2 rings (SSSR count). The number of fused-ring (bicyclic) bond motifs is 1. The van der Waals surface area contributed by atoms with Crippen molar-refractivity contribution in [3.63, 3.8) is 0 Å². The topological polar surface area (TPSA) is 39.9 Å². The van der Waals surface area contributed by atoms with Gasteiger partial charge in [-0.05, 0) is 12.1 Å². The van der Waals surface area contributed by atoms with Crippen molar-refractivity contribution in [2.75, 3.05) is 13.0 Å². The van der Waals surface area contributed by atoms with E-state index < -0.39 is 0 Å². The maximum atomic E-state index is 5.75. The fraction of sp³-hybridized carbons (Fsp3) is 0.333. The van der Waals surface area contributed by atoms with E-state index in [-0.39, 0.29) is 6.23 Å². The first-order chi connectivity index (χ1) is 6.86. The third-order valence-electron chi connectivity index (χ3n) is 2.05. The van der Waals surface area contributed by atoms with Crippen LogP contribution in [0, 0.1) is 0 Å². The molecule has 0 saturated heterocycles. The van der Waals surface area contributed by atoms with Crippen molar-refractivity contribution in [2.24, 2.45) is 0 Å². The molecule has 0 aliphatic heterocycles. The van der Waals surface area contributed by atoms with Crippen LogP contribution >= 0.6 is 11.6 Å². The van der Waals surface area contributed by atoms with Crippen molar-refractivity contribution >= 4 is 22.6 Å². The summed E-state index contributed by atoms with van der Waals surface area (Å²) in [5.41, 5.74) is 1.78. The zero-order valence-electron chi connectivity index (χ0n) is 7.72. The predicted octanol–water partition coefficient (Wildman–Crippen LogP) is 1.82.